The molecule has 20 heavy (non-hydrogen) atoms. The van der Waals surface area contributed by atoms with Crippen LogP contribution in [0.5, 0.6) is 0 Å². The molecule has 0 amide bonds. The summed E-state index contributed by atoms with van der Waals surface area (Å²) >= 11 is 2.27. The van der Waals surface area contributed by atoms with Crippen LogP contribution in [-0.2, 0) is 0 Å². The van der Waals surface area contributed by atoms with Crippen molar-refractivity contribution in [1.82, 2.24) is 0 Å². The lowest BCUT2D eigenvalue weighted by molar-refractivity contribution is 0.865. The van der Waals surface area contributed by atoms with E-state index >= 15 is 0 Å². The minimum Gasteiger partial charge on any atom is -0.369 e. The number of benzene rings is 2. The normalized spacial score (nSPS) is 10.6. The molecule has 104 valence electrons. The van der Waals surface area contributed by atoms with Gasteiger partial charge >= 0.3 is 0 Å². The van der Waals surface area contributed by atoms with Gasteiger partial charge in [-0.2, -0.15) is 0 Å². The number of para-hydroxylation sites is 2. The van der Waals surface area contributed by atoms with Gasteiger partial charge in [-0.1, -0.05) is 44.2 Å². The minimum absolute atomic E-state index is 0.0298. The van der Waals surface area contributed by atoms with E-state index in [2.05, 4.69) is 42.5 Å². The standard InChI is InChI=1S/C16H18IN3/c1-11(2)12-7-3-5-9-14(12)20(16(18)19)15-10-6-4-8-13(15)17/h3-11H,1-2H3,(H3,18,19). The third-order valence-electron chi connectivity index (χ3n) is 3.13. The zero-order valence-corrected chi connectivity index (χ0v) is 13.8. The van der Waals surface area contributed by atoms with Gasteiger partial charge in [0, 0.05) is 3.57 Å². The molecule has 2 aromatic rings. The summed E-state index contributed by atoms with van der Waals surface area (Å²) in [7, 11) is 0. The van der Waals surface area contributed by atoms with Crippen molar-refractivity contribution < 1.29 is 0 Å². The van der Waals surface area contributed by atoms with Crippen LogP contribution in [0.1, 0.15) is 25.3 Å². The number of nitrogens with one attached hydrogen (secondary N) is 1. The zero-order chi connectivity index (χ0) is 14.7. The molecule has 0 spiro atoms. The molecule has 2 aromatic carbocycles. The average Bonchev–Trinajstić information content (AvgIpc) is 2.41. The molecule has 0 fully saturated rings. The first-order valence-electron chi connectivity index (χ1n) is 6.50. The molecule has 3 nitrogen and oxygen atoms in total. The molecule has 0 aliphatic carbocycles. The van der Waals surface area contributed by atoms with Gasteiger partial charge in [0.15, 0.2) is 5.96 Å². The zero-order valence-electron chi connectivity index (χ0n) is 11.6. The largest absolute Gasteiger partial charge is 0.369 e. The van der Waals surface area contributed by atoms with Crippen molar-refractivity contribution in [2.24, 2.45) is 5.73 Å². The molecule has 0 heterocycles. The van der Waals surface area contributed by atoms with Crippen molar-refractivity contribution in [1.29, 1.82) is 5.41 Å². The average molecular weight is 379 g/mol. The lowest BCUT2D eigenvalue weighted by Gasteiger charge is -2.27. The fourth-order valence-electron chi connectivity index (χ4n) is 2.20. The Morgan fingerprint density at radius 1 is 1.05 bits per heavy atom. The topological polar surface area (TPSA) is 53.1 Å². The highest BCUT2D eigenvalue weighted by Crippen LogP contribution is 2.34. The van der Waals surface area contributed by atoms with Crippen molar-refractivity contribution in [3.63, 3.8) is 0 Å². The highest BCUT2D eigenvalue weighted by Gasteiger charge is 2.18. The van der Waals surface area contributed by atoms with Crippen LogP contribution in [-0.4, -0.2) is 5.96 Å². The van der Waals surface area contributed by atoms with E-state index < -0.39 is 0 Å². The molecule has 4 heteroatoms. The van der Waals surface area contributed by atoms with Gasteiger partial charge in [0.1, 0.15) is 0 Å². The molecule has 2 rings (SSSR count). The summed E-state index contributed by atoms with van der Waals surface area (Å²) in [6, 6.07) is 16.1. The van der Waals surface area contributed by atoms with Crippen LogP contribution in [0.3, 0.4) is 0 Å². The number of guanidine groups is 1. The first kappa shape index (κ1) is 14.8. The fraction of sp³-hybridized carbons (Fsp3) is 0.188. The Hall–Kier alpha value is -1.56. The van der Waals surface area contributed by atoms with Crippen LogP contribution in [0, 0.1) is 8.98 Å². The Morgan fingerprint density at radius 2 is 1.60 bits per heavy atom. The smallest absolute Gasteiger partial charge is 0.197 e. The van der Waals surface area contributed by atoms with E-state index in [1.54, 1.807) is 4.90 Å². The molecule has 0 saturated carbocycles. The lowest BCUT2D eigenvalue weighted by atomic mass is 10.00. The molecule has 0 aliphatic rings. The summed E-state index contributed by atoms with van der Waals surface area (Å²) < 4.78 is 1.07. The summed E-state index contributed by atoms with van der Waals surface area (Å²) in [5.74, 6) is 0.400. The van der Waals surface area contributed by atoms with Gasteiger partial charge in [0.2, 0.25) is 0 Å². The van der Waals surface area contributed by atoms with E-state index in [4.69, 9.17) is 11.1 Å². The van der Waals surface area contributed by atoms with Crippen LogP contribution < -0.4 is 10.6 Å². The molecule has 0 aromatic heterocycles. The van der Waals surface area contributed by atoms with Crippen molar-refractivity contribution in [3.8, 4) is 0 Å². The van der Waals surface area contributed by atoms with E-state index in [0.29, 0.717) is 5.92 Å². The van der Waals surface area contributed by atoms with Crippen LogP contribution in [0.4, 0.5) is 11.4 Å². The molecule has 3 N–H and O–H groups in total. The predicted octanol–water partition coefficient (Wildman–Crippen LogP) is 4.45. The van der Waals surface area contributed by atoms with E-state index in [9.17, 15) is 0 Å². The summed E-state index contributed by atoms with van der Waals surface area (Å²) in [5, 5.41) is 7.96. The second-order valence-electron chi connectivity index (χ2n) is 4.89. The third-order valence-corrected chi connectivity index (χ3v) is 4.05. The molecule has 0 aliphatic heterocycles. The number of hydrogen-bond donors (Lipinski definition) is 2. The first-order chi connectivity index (χ1) is 9.52. The monoisotopic (exact) mass is 379 g/mol. The molecule has 0 radical (unpaired) electrons. The van der Waals surface area contributed by atoms with Crippen LogP contribution in [0.15, 0.2) is 48.5 Å². The van der Waals surface area contributed by atoms with E-state index in [1.165, 1.54) is 5.56 Å². The Labute approximate surface area is 133 Å². The maximum Gasteiger partial charge on any atom is 0.197 e. The number of halogens is 1. The molecular weight excluding hydrogens is 361 g/mol. The molecule has 0 unspecified atom stereocenters. The first-order valence-corrected chi connectivity index (χ1v) is 7.58. The van der Waals surface area contributed by atoms with Crippen LogP contribution >= 0.6 is 22.6 Å². The molecule has 0 atom stereocenters. The van der Waals surface area contributed by atoms with Gasteiger partial charge < -0.3 is 5.73 Å². The summed E-state index contributed by atoms with van der Waals surface area (Å²) in [6.45, 7) is 4.29. The van der Waals surface area contributed by atoms with Crippen molar-refractivity contribution in [2.75, 3.05) is 4.90 Å². The van der Waals surface area contributed by atoms with Crippen LogP contribution in [0.2, 0.25) is 0 Å². The Kier molecular flexibility index (Phi) is 4.65. The second kappa shape index (κ2) is 6.26. The Bertz CT molecular complexity index is 623. The van der Waals surface area contributed by atoms with Gasteiger partial charge in [-0.15, -0.1) is 0 Å². The number of anilines is 2. The quantitative estimate of drug-likeness (QED) is 0.471. The van der Waals surface area contributed by atoms with Gasteiger partial charge in [-0.3, -0.25) is 10.3 Å². The molecule has 0 bridgehead atoms. The lowest BCUT2D eigenvalue weighted by Crippen LogP contribution is -2.33. The summed E-state index contributed by atoms with van der Waals surface area (Å²) in [6.07, 6.45) is 0. The number of nitrogens with two attached hydrogens (primary N) is 1. The van der Waals surface area contributed by atoms with Gasteiger partial charge in [0.25, 0.3) is 0 Å². The number of rotatable bonds is 3. The van der Waals surface area contributed by atoms with Crippen molar-refractivity contribution >= 4 is 39.9 Å². The maximum atomic E-state index is 7.96. The molecule has 0 saturated heterocycles. The van der Waals surface area contributed by atoms with E-state index in [1.807, 2.05) is 42.5 Å². The van der Waals surface area contributed by atoms with E-state index in [-0.39, 0.29) is 5.96 Å². The third kappa shape index (κ3) is 2.95. The SMILES string of the molecule is CC(C)c1ccccc1N(C(=N)N)c1ccccc1I. The van der Waals surface area contributed by atoms with Crippen molar-refractivity contribution in [3.05, 3.63) is 57.7 Å². The summed E-state index contributed by atoms with van der Waals surface area (Å²) in [5.41, 5.74) is 8.94. The highest BCUT2D eigenvalue weighted by molar-refractivity contribution is 14.1. The Morgan fingerprint density at radius 3 is 2.15 bits per heavy atom. The number of nitrogens with zero attached hydrogens (tertiary/aromatic N) is 1. The van der Waals surface area contributed by atoms with Gasteiger partial charge in [0.05, 0.1) is 11.4 Å². The van der Waals surface area contributed by atoms with Crippen molar-refractivity contribution in [2.45, 2.75) is 19.8 Å². The highest BCUT2D eigenvalue weighted by atomic mass is 127. The second-order valence-corrected chi connectivity index (χ2v) is 6.05. The fourth-order valence-corrected chi connectivity index (χ4v) is 2.83. The number of hydrogen-bond acceptors (Lipinski definition) is 1. The van der Waals surface area contributed by atoms with Gasteiger partial charge in [-0.25, -0.2) is 0 Å². The molecular formula is C16H18IN3. The predicted molar refractivity (Wildman–Crippen MR) is 93.7 cm³/mol. The maximum absolute atomic E-state index is 7.96. The van der Waals surface area contributed by atoms with Gasteiger partial charge in [-0.05, 0) is 52.3 Å². The Balaban J connectivity index is 2.62. The minimum atomic E-state index is 0.0298. The van der Waals surface area contributed by atoms with E-state index in [0.717, 1.165) is 14.9 Å². The van der Waals surface area contributed by atoms with Crippen LogP contribution in [0.25, 0.3) is 0 Å². The summed E-state index contributed by atoms with van der Waals surface area (Å²) in [4.78, 5) is 1.80.